The Morgan fingerprint density at radius 1 is 1.35 bits per heavy atom. The first kappa shape index (κ1) is 15.3. The molecule has 1 saturated heterocycles. The average Bonchev–Trinajstić information content (AvgIpc) is 2.38. The van der Waals surface area contributed by atoms with Crippen molar-refractivity contribution in [2.24, 2.45) is 0 Å². The van der Waals surface area contributed by atoms with Gasteiger partial charge in [0, 0.05) is 19.6 Å². The number of benzene rings is 1. The highest BCUT2D eigenvalue weighted by Crippen LogP contribution is 2.28. The van der Waals surface area contributed by atoms with Gasteiger partial charge >= 0.3 is 0 Å². The summed E-state index contributed by atoms with van der Waals surface area (Å²) in [5.41, 5.74) is 0.206. The minimum absolute atomic E-state index is 0.333. The number of nitrogens with one attached hydrogen (secondary N) is 1. The lowest BCUT2D eigenvalue weighted by molar-refractivity contribution is -0.0640. The lowest BCUT2D eigenvalue weighted by Crippen LogP contribution is -2.50. The Labute approximate surface area is 121 Å². The van der Waals surface area contributed by atoms with Gasteiger partial charge in [0.25, 0.3) is 0 Å². The highest BCUT2D eigenvalue weighted by atomic mass is 32.2. The predicted octanol–water partition coefficient (Wildman–Crippen LogP) is 1.92. The van der Waals surface area contributed by atoms with Crippen LogP contribution in [0.1, 0.15) is 20.8 Å². The SMILES string of the molecule is CCNc1ccccc1S(=O)(=O)N1CCOC(C)(C)C1. The van der Waals surface area contributed by atoms with Crippen molar-refractivity contribution in [2.75, 3.05) is 31.6 Å². The van der Waals surface area contributed by atoms with E-state index in [2.05, 4.69) is 5.32 Å². The summed E-state index contributed by atoms with van der Waals surface area (Å²) < 4.78 is 32.7. The molecule has 0 saturated carbocycles. The van der Waals surface area contributed by atoms with Gasteiger partial charge in [-0.3, -0.25) is 0 Å². The molecule has 20 heavy (non-hydrogen) atoms. The van der Waals surface area contributed by atoms with Crippen LogP contribution < -0.4 is 5.32 Å². The minimum atomic E-state index is -3.50. The first-order valence-electron chi connectivity index (χ1n) is 6.84. The fourth-order valence-corrected chi connectivity index (χ4v) is 4.09. The third-order valence-electron chi connectivity index (χ3n) is 3.26. The second-order valence-electron chi connectivity index (χ2n) is 5.47. The predicted molar refractivity (Wildman–Crippen MR) is 79.4 cm³/mol. The van der Waals surface area contributed by atoms with Crippen LogP contribution in [0.25, 0.3) is 0 Å². The largest absolute Gasteiger partial charge is 0.384 e. The number of rotatable bonds is 4. The average molecular weight is 298 g/mol. The van der Waals surface area contributed by atoms with Crippen molar-refractivity contribution in [3.63, 3.8) is 0 Å². The van der Waals surface area contributed by atoms with Gasteiger partial charge in [0.1, 0.15) is 4.90 Å². The molecule has 1 aliphatic heterocycles. The Kier molecular flexibility index (Phi) is 4.36. The molecule has 0 radical (unpaired) electrons. The summed E-state index contributed by atoms with van der Waals surface area (Å²) >= 11 is 0. The summed E-state index contributed by atoms with van der Waals surface area (Å²) in [6, 6.07) is 7.03. The van der Waals surface area contributed by atoms with E-state index in [0.717, 1.165) is 0 Å². The molecule has 1 heterocycles. The van der Waals surface area contributed by atoms with Gasteiger partial charge in [0.05, 0.1) is 17.9 Å². The molecule has 0 aliphatic carbocycles. The normalized spacial score (nSPS) is 19.8. The molecule has 1 aromatic rings. The Hall–Kier alpha value is -1.11. The van der Waals surface area contributed by atoms with Gasteiger partial charge in [-0.25, -0.2) is 8.42 Å². The number of nitrogens with zero attached hydrogens (tertiary/aromatic N) is 1. The van der Waals surface area contributed by atoms with Crippen LogP contribution in [0.5, 0.6) is 0 Å². The van der Waals surface area contributed by atoms with E-state index in [9.17, 15) is 8.42 Å². The Morgan fingerprint density at radius 2 is 2.05 bits per heavy atom. The molecule has 112 valence electrons. The van der Waals surface area contributed by atoms with Crippen molar-refractivity contribution in [3.8, 4) is 0 Å². The van der Waals surface area contributed by atoms with E-state index in [1.54, 1.807) is 18.2 Å². The fourth-order valence-electron chi connectivity index (χ4n) is 2.35. The van der Waals surface area contributed by atoms with Gasteiger partial charge < -0.3 is 10.1 Å². The van der Waals surface area contributed by atoms with E-state index in [-0.39, 0.29) is 0 Å². The Balaban J connectivity index is 2.35. The minimum Gasteiger partial charge on any atom is -0.384 e. The fraction of sp³-hybridized carbons (Fsp3) is 0.571. The van der Waals surface area contributed by atoms with Crippen LogP contribution in [0.3, 0.4) is 0 Å². The van der Waals surface area contributed by atoms with Crippen molar-refractivity contribution >= 4 is 15.7 Å². The summed E-state index contributed by atoms with van der Waals surface area (Å²) in [5, 5.41) is 3.10. The molecule has 5 nitrogen and oxygen atoms in total. The van der Waals surface area contributed by atoms with Gasteiger partial charge in [-0.1, -0.05) is 12.1 Å². The summed E-state index contributed by atoms with van der Waals surface area (Å²) in [6.07, 6.45) is 0. The third-order valence-corrected chi connectivity index (χ3v) is 5.17. The zero-order valence-electron chi connectivity index (χ0n) is 12.2. The quantitative estimate of drug-likeness (QED) is 0.922. The Morgan fingerprint density at radius 3 is 2.70 bits per heavy atom. The number of sulfonamides is 1. The van der Waals surface area contributed by atoms with E-state index in [1.165, 1.54) is 4.31 Å². The maximum atomic E-state index is 12.8. The second-order valence-corrected chi connectivity index (χ2v) is 7.38. The molecule has 0 bridgehead atoms. The first-order chi connectivity index (χ1) is 9.37. The van der Waals surface area contributed by atoms with Crippen LogP contribution in [-0.2, 0) is 14.8 Å². The molecule has 0 amide bonds. The second kappa shape index (κ2) is 5.71. The van der Waals surface area contributed by atoms with Crippen LogP contribution in [0, 0.1) is 0 Å². The highest BCUT2D eigenvalue weighted by Gasteiger charge is 2.35. The summed E-state index contributed by atoms with van der Waals surface area (Å²) in [6.45, 7) is 7.63. The molecule has 6 heteroatoms. The summed E-state index contributed by atoms with van der Waals surface area (Å²) in [7, 11) is -3.50. The zero-order valence-corrected chi connectivity index (χ0v) is 13.0. The maximum absolute atomic E-state index is 12.8. The van der Waals surface area contributed by atoms with E-state index < -0.39 is 15.6 Å². The molecule has 0 atom stereocenters. The van der Waals surface area contributed by atoms with Crippen molar-refractivity contribution in [3.05, 3.63) is 24.3 Å². The van der Waals surface area contributed by atoms with Gasteiger partial charge in [-0.2, -0.15) is 4.31 Å². The lowest BCUT2D eigenvalue weighted by Gasteiger charge is -2.37. The van der Waals surface area contributed by atoms with Crippen molar-refractivity contribution < 1.29 is 13.2 Å². The maximum Gasteiger partial charge on any atom is 0.245 e. The van der Waals surface area contributed by atoms with E-state index in [0.29, 0.717) is 36.8 Å². The third kappa shape index (κ3) is 3.13. The molecule has 0 spiro atoms. The van der Waals surface area contributed by atoms with Crippen LogP contribution in [0.4, 0.5) is 5.69 Å². The van der Waals surface area contributed by atoms with E-state index in [1.807, 2.05) is 26.8 Å². The standard InChI is InChI=1S/C14H22N2O3S/c1-4-15-12-7-5-6-8-13(12)20(17,18)16-9-10-19-14(2,3)11-16/h5-8,15H,4,9-11H2,1-3H3. The van der Waals surface area contributed by atoms with Crippen molar-refractivity contribution in [2.45, 2.75) is 31.3 Å². The number of hydrogen-bond acceptors (Lipinski definition) is 4. The molecule has 1 fully saturated rings. The van der Waals surface area contributed by atoms with Gasteiger partial charge in [0.15, 0.2) is 0 Å². The van der Waals surface area contributed by atoms with Gasteiger partial charge in [-0.15, -0.1) is 0 Å². The number of para-hydroxylation sites is 1. The van der Waals surface area contributed by atoms with Crippen LogP contribution in [-0.4, -0.2) is 44.6 Å². The first-order valence-corrected chi connectivity index (χ1v) is 8.28. The molecule has 0 aromatic heterocycles. The summed E-state index contributed by atoms with van der Waals surface area (Å²) in [5.74, 6) is 0. The summed E-state index contributed by atoms with van der Waals surface area (Å²) in [4.78, 5) is 0.333. The number of hydrogen-bond donors (Lipinski definition) is 1. The lowest BCUT2D eigenvalue weighted by atomic mass is 10.1. The van der Waals surface area contributed by atoms with Crippen LogP contribution in [0.15, 0.2) is 29.2 Å². The van der Waals surface area contributed by atoms with Gasteiger partial charge in [-0.05, 0) is 32.9 Å². The molecule has 1 aliphatic rings. The molecular weight excluding hydrogens is 276 g/mol. The van der Waals surface area contributed by atoms with Gasteiger partial charge in [0.2, 0.25) is 10.0 Å². The van der Waals surface area contributed by atoms with Crippen LogP contribution in [0.2, 0.25) is 0 Å². The molecule has 1 N–H and O–H groups in total. The van der Waals surface area contributed by atoms with Crippen molar-refractivity contribution in [1.82, 2.24) is 4.31 Å². The molecule has 1 aromatic carbocycles. The smallest absolute Gasteiger partial charge is 0.245 e. The number of morpholine rings is 1. The van der Waals surface area contributed by atoms with E-state index in [4.69, 9.17) is 4.74 Å². The highest BCUT2D eigenvalue weighted by molar-refractivity contribution is 7.89. The Bertz CT molecular complexity index is 570. The number of ether oxygens (including phenoxy) is 1. The molecular formula is C14H22N2O3S. The number of anilines is 1. The topological polar surface area (TPSA) is 58.6 Å². The zero-order chi connectivity index (χ0) is 14.8. The van der Waals surface area contributed by atoms with Crippen molar-refractivity contribution in [1.29, 1.82) is 0 Å². The monoisotopic (exact) mass is 298 g/mol. The molecule has 2 rings (SSSR count). The molecule has 0 unspecified atom stereocenters. The van der Waals surface area contributed by atoms with E-state index >= 15 is 0 Å². The van der Waals surface area contributed by atoms with Crippen LogP contribution >= 0.6 is 0 Å².